The first-order valence-corrected chi connectivity index (χ1v) is 15.0. The van der Waals surface area contributed by atoms with Crippen LogP contribution < -0.4 is 0 Å². The fourth-order valence-corrected chi connectivity index (χ4v) is 5.77. The van der Waals surface area contributed by atoms with Gasteiger partial charge in [-0.2, -0.15) is 0 Å². The van der Waals surface area contributed by atoms with Gasteiger partial charge in [-0.15, -0.1) is 0 Å². The molecule has 2 aromatic carbocycles. The molecule has 0 aliphatic carbocycles. The molecule has 38 heavy (non-hydrogen) atoms. The predicted octanol–water partition coefficient (Wildman–Crippen LogP) is 8.38. The van der Waals surface area contributed by atoms with Gasteiger partial charge >= 0.3 is 37.4 Å². The van der Waals surface area contributed by atoms with Crippen LogP contribution in [0.3, 0.4) is 0 Å². The van der Waals surface area contributed by atoms with Crippen molar-refractivity contribution in [3.05, 3.63) is 69.8 Å². The molecule has 0 heterocycles. The van der Waals surface area contributed by atoms with Gasteiger partial charge in [0, 0.05) is 0 Å². The van der Waals surface area contributed by atoms with E-state index in [1.54, 1.807) is 0 Å². The molecule has 0 saturated carbocycles. The average Bonchev–Trinajstić information content (AvgIpc) is 2.69. The van der Waals surface area contributed by atoms with Crippen LogP contribution in [0.15, 0.2) is 36.4 Å². The SMILES string of the molecule is CCCC(OP(=O)(O)O)(c1ccc(C(C)(C)C)cc1C(C)(C)C)c1ccc(C(C)(C)C)cc1C(C)(C)C.[NaH]. The molecule has 0 fully saturated rings. The van der Waals surface area contributed by atoms with Crippen LogP contribution in [0.5, 0.6) is 0 Å². The monoisotopic (exact) mass is 554 g/mol. The summed E-state index contributed by atoms with van der Waals surface area (Å²) in [6.07, 6.45) is 1.13. The first kappa shape index (κ1) is 35.6. The quantitative estimate of drug-likeness (QED) is 0.278. The number of rotatable bonds is 6. The van der Waals surface area contributed by atoms with Crippen molar-refractivity contribution >= 4 is 37.4 Å². The second-order valence-electron chi connectivity index (χ2n) is 14.7. The van der Waals surface area contributed by atoms with Gasteiger partial charge in [0.05, 0.1) is 0 Å². The van der Waals surface area contributed by atoms with Gasteiger partial charge in [-0.05, 0) is 61.5 Å². The van der Waals surface area contributed by atoms with Gasteiger partial charge in [0.2, 0.25) is 0 Å². The van der Waals surface area contributed by atoms with Crippen LogP contribution in [0.4, 0.5) is 0 Å². The Hall–Kier alpha value is -0.450. The molecule has 0 amide bonds. The van der Waals surface area contributed by atoms with E-state index in [1.165, 1.54) is 11.1 Å². The molecule has 0 atom stereocenters. The van der Waals surface area contributed by atoms with Gasteiger partial charge in [-0.1, -0.05) is 133 Å². The fourth-order valence-electron chi connectivity index (χ4n) is 5.08. The summed E-state index contributed by atoms with van der Waals surface area (Å²) in [5.41, 5.74) is 4.10. The van der Waals surface area contributed by atoms with Crippen LogP contribution in [-0.4, -0.2) is 39.3 Å². The Kier molecular flexibility index (Phi) is 11.1. The standard InChI is InChI=1S/C32H51O4P.Na.H/c1-14-19-32(36-37(33,34)35,24-17-15-22(28(2,3)4)20-26(24)30(8,9)10)25-18-16-23(29(5,6)7)21-27(25)31(11,12)13;;/h15-18,20-21H,14,19H2,1-13H3,(H2,33,34,35);;. The third-order valence-electron chi connectivity index (χ3n) is 7.13. The number of phosphoric ester groups is 1. The van der Waals surface area contributed by atoms with Crippen molar-refractivity contribution in [2.45, 2.75) is 130 Å². The molecule has 210 valence electrons. The maximum atomic E-state index is 12.7. The van der Waals surface area contributed by atoms with E-state index < -0.39 is 13.4 Å². The number of benzene rings is 2. The van der Waals surface area contributed by atoms with Crippen molar-refractivity contribution in [2.24, 2.45) is 0 Å². The van der Waals surface area contributed by atoms with Gasteiger partial charge < -0.3 is 9.79 Å². The van der Waals surface area contributed by atoms with E-state index in [4.69, 9.17) is 4.52 Å². The molecule has 2 rings (SSSR count). The minimum atomic E-state index is -4.88. The molecular formula is C32H52NaO4P. The van der Waals surface area contributed by atoms with Gasteiger partial charge in [-0.3, -0.25) is 4.52 Å². The number of phosphoric acid groups is 1. The molecule has 0 saturated heterocycles. The topological polar surface area (TPSA) is 66.8 Å². The summed E-state index contributed by atoms with van der Waals surface area (Å²) in [7, 11) is -4.88. The maximum absolute atomic E-state index is 12.7. The minimum absolute atomic E-state index is 0. The van der Waals surface area contributed by atoms with Crippen molar-refractivity contribution in [3.63, 3.8) is 0 Å². The summed E-state index contributed by atoms with van der Waals surface area (Å²) in [6, 6.07) is 12.7. The summed E-state index contributed by atoms with van der Waals surface area (Å²) in [4.78, 5) is 20.7. The summed E-state index contributed by atoms with van der Waals surface area (Å²) in [5, 5.41) is 0. The Morgan fingerprint density at radius 2 is 0.974 bits per heavy atom. The Labute approximate surface area is 254 Å². The van der Waals surface area contributed by atoms with E-state index in [-0.39, 0.29) is 51.2 Å². The second-order valence-corrected chi connectivity index (χ2v) is 15.8. The summed E-state index contributed by atoms with van der Waals surface area (Å²) in [5.74, 6) is 0. The van der Waals surface area contributed by atoms with Gasteiger partial charge in [-0.25, -0.2) is 4.57 Å². The number of hydrogen-bond donors (Lipinski definition) is 2. The molecule has 0 bridgehead atoms. The van der Waals surface area contributed by atoms with E-state index >= 15 is 0 Å². The molecule has 0 aliphatic rings. The molecule has 2 N–H and O–H groups in total. The summed E-state index contributed by atoms with van der Waals surface area (Å²) < 4.78 is 18.7. The van der Waals surface area contributed by atoms with Gasteiger partial charge in [0.1, 0.15) is 5.60 Å². The Balaban J connectivity index is 0.00000722. The van der Waals surface area contributed by atoms with Crippen molar-refractivity contribution in [1.82, 2.24) is 0 Å². The summed E-state index contributed by atoms with van der Waals surface area (Å²) >= 11 is 0. The van der Waals surface area contributed by atoms with Crippen molar-refractivity contribution in [1.29, 1.82) is 0 Å². The van der Waals surface area contributed by atoms with E-state index in [0.29, 0.717) is 12.8 Å². The van der Waals surface area contributed by atoms with Crippen LogP contribution in [0.25, 0.3) is 0 Å². The second kappa shape index (κ2) is 11.8. The van der Waals surface area contributed by atoms with Crippen molar-refractivity contribution in [3.8, 4) is 0 Å². The Bertz CT molecular complexity index is 1080. The Morgan fingerprint density at radius 3 is 1.21 bits per heavy atom. The Morgan fingerprint density at radius 1 is 0.632 bits per heavy atom. The van der Waals surface area contributed by atoms with Crippen LogP contribution in [0.2, 0.25) is 0 Å². The van der Waals surface area contributed by atoms with Crippen LogP contribution in [-0.2, 0) is 36.3 Å². The van der Waals surface area contributed by atoms with Crippen LogP contribution in [0.1, 0.15) is 136 Å². The van der Waals surface area contributed by atoms with E-state index in [0.717, 1.165) is 22.3 Å². The normalized spacial score (nSPS) is 13.9. The molecule has 4 nitrogen and oxygen atoms in total. The zero-order chi connectivity index (χ0) is 28.8. The first-order chi connectivity index (χ1) is 16.4. The first-order valence-electron chi connectivity index (χ1n) is 13.5. The van der Waals surface area contributed by atoms with Crippen LogP contribution in [0, 0.1) is 0 Å². The molecule has 0 aromatic heterocycles. The van der Waals surface area contributed by atoms with E-state index in [1.807, 2.05) is 6.92 Å². The zero-order valence-electron chi connectivity index (χ0n) is 25.5. The molecular weight excluding hydrogens is 502 g/mol. The molecule has 0 radical (unpaired) electrons. The predicted molar refractivity (Wildman–Crippen MR) is 164 cm³/mol. The third-order valence-corrected chi connectivity index (χ3v) is 7.68. The number of hydrogen-bond acceptors (Lipinski definition) is 2. The van der Waals surface area contributed by atoms with Gasteiger partial charge in [0.25, 0.3) is 0 Å². The molecule has 2 aromatic rings. The van der Waals surface area contributed by atoms with Crippen molar-refractivity contribution < 1.29 is 18.9 Å². The fraction of sp³-hybridized carbons (Fsp3) is 0.625. The molecule has 0 unspecified atom stereocenters. The van der Waals surface area contributed by atoms with Crippen molar-refractivity contribution in [2.75, 3.05) is 0 Å². The van der Waals surface area contributed by atoms with Crippen LogP contribution >= 0.6 is 7.82 Å². The molecule has 0 spiro atoms. The summed E-state index contributed by atoms with van der Waals surface area (Å²) in [6.45, 7) is 28.1. The van der Waals surface area contributed by atoms with E-state index in [9.17, 15) is 14.4 Å². The zero-order valence-corrected chi connectivity index (χ0v) is 26.4. The molecule has 6 heteroatoms. The van der Waals surface area contributed by atoms with Gasteiger partial charge in [0.15, 0.2) is 0 Å². The molecule has 0 aliphatic heterocycles. The third kappa shape index (κ3) is 8.29. The van der Waals surface area contributed by atoms with E-state index in [2.05, 4.69) is 119 Å². The average molecular weight is 555 g/mol.